The zero-order valence-corrected chi connectivity index (χ0v) is 10.6. The van der Waals surface area contributed by atoms with E-state index in [0.29, 0.717) is 0 Å². The molecule has 0 aliphatic rings. The van der Waals surface area contributed by atoms with Crippen molar-refractivity contribution >= 4 is 33.8 Å². The van der Waals surface area contributed by atoms with Crippen LogP contribution in [0.4, 0.5) is 0 Å². The van der Waals surface area contributed by atoms with Crippen LogP contribution in [0.3, 0.4) is 0 Å². The smallest absolute Gasteiger partial charge is 0.241 e. The van der Waals surface area contributed by atoms with E-state index < -0.39 is 5.91 Å². The van der Waals surface area contributed by atoms with E-state index in [1.165, 1.54) is 22.4 Å². The molecule has 0 atom stereocenters. The fourth-order valence-corrected chi connectivity index (χ4v) is 2.46. The number of carbonyl (C=O) groups excluding carboxylic acids is 1. The van der Waals surface area contributed by atoms with E-state index >= 15 is 0 Å². The minimum atomic E-state index is -0.433. The SMILES string of the molecule is Cn1c2ccccc2c2ccc(/C=C\C(N)=O)cc21. The van der Waals surface area contributed by atoms with E-state index in [0.717, 1.165) is 11.1 Å². The number of hydrogen-bond donors (Lipinski definition) is 1. The number of aryl methyl sites for hydroxylation is 1. The zero-order chi connectivity index (χ0) is 13.4. The molecule has 2 aromatic carbocycles. The molecule has 94 valence electrons. The van der Waals surface area contributed by atoms with Gasteiger partial charge >= 0.3 is 0 Å². The van der Waals surface area contributed by atoms with Gasteiger partial charge in [-0.2, -0.15) is 0 Å². The Morgan fingerprint density at radius 3 is 2.63 bits per heavy atom. The molecule has 0 aliphatic heterocycles. The Labute approximate surface area is 110 Å². The molecule has 0 unspecified atom stereocenters. The molecule has 0 bridgehead atoms. The molecule has 0 saturated carbocycles. The van der Waals surface area contributed by atoms with Crippen LogP contribution < -0.4 is 5.73 Å². The van der Waals surface area contributed by atoms with Crippen LogP contribution in [-0.2, 0) is 11.8 Å². The minimum absolute atomic E-state index is 0.433. The molecule has 3 rings (SSSR count). The number of rotatable bonds is 2. The van der Waals surface area contributed by atoms with Gasteiger partial charge < -0.3 is 10.3 Å². The van der Waals surface area contributed by atoms with E-state index in [2.05, 4.69) is 28.8 Å². The Morgan fingerprint density at radius 1 is 1.11 bits per heavy atom. The number of nitrogens with zero attached hydrogens (tertiary/aromatic N) is 1. The summed E-state index contributed by atoms with van der Waals surface area (Å²) >= 11 is 0. The molecule has 3 aromatic rings. The maximum absolute atomic E-state index is 10.8. The maximum atomic E-state index is 10.8. The number of carbonyl (C=O) groups is 1. The van der Waals surface area contributed by atoms with E-state index in [1.807, 2.05) is 25.2 Å². The molecule has 0 radical (unpaired) electrons. The molecule has 3 nitrogen and oxygen atoms in total. The van der Waals surface area contributed by atoms with Crippen LogP contribution in [0.5, 0.6) is 0 Å². The summed E-state index contributed by atoms with van der Waals surface area (Å²) in [6, 6.07) is 14.4. The summed E-state index contributed by atoms with van der Waals surface area (Å²) in [7, 11) is 2.05. The van der Waals surface area contributed by atoms with Crippen molar-refractivity contribution in [3.05, 3.63) is 54.1 Å². The van der Waals surface area contributed by atoms with Crippen LogP contribution in [0.15, 0.2) is 48.5 Å². The Hall–Kier alpha value is -2.55. The lowest BCUT2D eigenvalue weighted by Gasteiger charge is -1.99. The number of nitrogens with two attached hydrogens (primary N) is 1. The molecule has 0 saturated heterocycles. The maximum Gasteiger partial charge on any atom is 0.241 e. The Balaban J connectivity index is 2.26. The highest BCUT2D eigenvalue weighted by molar-refractivity contribution is 6.08. The highest BCUT2D eigenvalue weighted by Gasteiger charge is 2.07. The lowest BCUT2D eigenvalue weighted by molar-refractivity contribution is -0.113. The summed E-state index contributed by atoms with van der Waals surface area (Å²) in [6.07, 6.45) is 3.11. The van der Waals surface area contributed by atoms with Crippen LogP contribution >= 0.6 is 0 Å². The fourth-order valence-electron chi connectivity index (χ4n) is 2.46. The van der Waals surface area contributed by atoms with Crippen molar-refractivity contribution in [3.63, 3.8) is 0 Å². The molecule has 0 fully saturated rings. The first kappa shape index (κ1) is 11.5. The fraction of sp³-hybridized carbons (Fsp3) is 0.0625. The summed E-state index contributed by atoms with van der Waals surface area (Å²) in [5.74, 6) is -0.433. The van der Waals surface area contributed by atoms with Crippen molar-refractivity contribution in [2.75, 3.05) is 0 Å². The highest BCUT2D eigenvalue weighted by atomic mass is 16.1. The average Bonchev–Trinajstić information content (AvgIpc) is 2.71. The predicted molar refractivity (Wildman–Crippen MR) is 78.7 cm³/mol. The second-order valence-electron chi connectivity index (χ2n) is 4.59. The van der Waals surface area contributed by atoms with E-state index in [4.69, 9.17) is 5.73 Å². The Bertz CT molecular complexity index is 812. The van der Waals surface area contributed by atoms with Crippen molar-refractivity contribution in [1.29, 1.82) is 0 Å². The van der Waals surface area contributed by atoms with Gasteiger partial charge in [-0.1, -0.05) is 30.3 Å². The second kappa shape index (κ2) is 4.28. The monoisotopic (exact) mass is 250 g/mol. The largest absolute Gasteiger partial charge is 0.366 e. The van der Waals surface area contributed by atoms with E-state index in [-0.39, 0.29) is 0 Å². The van der Waals surface area contributed by atoms with Gasteiger partial charge in [0.1, 0.15) is 0 Å². The van der Waals surface area contributed by atoms with Gasteiger partial charge in [0.25, 0.3) is 0 Å². The Kier molecular flexibility index (Phi) is 2.60. The van der Waals surface area contributed by atoms with Crippen molar-refractivity contribution in [3.8, 4) is 0 Å². The third-order valence-corrected chi connectivity index (χ3v) is 3.38. The van der Waals surface area contributed by atoms with Gasteiger partial charge in [0.2, 0.25) is 5.91 Å². The van der Waals surface area contributed by atoms with Gasteiger partial charge in [-0.15, -0.1) is 0 Å². The molecule has 1 amide bonds. The first-order chi connectivity index (χ1) is 9.16. The molecule has 1 heterocycles. The van der Waals surface area contributed by atoms with Crippen LogP contribution in [0, 0.1) is 0 Å². The highest BCUT2D eigenvalue weighted by Crippen LogP contribution is 2.28. The van der Waals surface area contributed by atoms with Gasteiger partial charge in [-0.05, 0) is 23.8 Å². The molecule has 1 aromatic heterocycles. The summed E-state index contributed by atoms with van der Waals surface area (Å²) in [6.45, 7) is 0. The number of hydrogen-bond acceptors (Lipinski definition) is 1. The lowest BCUT2D eigenvalue weighted by Crippen LogP contribution is -2.05. The first-order valence-corrected chi connectivity index (χ1v) is 6.11. The summed E-state index contributed by atoms with van der Waals surface area (Å²) in [5.41, 5.74) is 8.43. The van der Waals surface area contributed by atoms with Crippen molar-refractivity contribution < 1.29 is 4.79 Å². The molecule has 0 aliphatic carbocycles. The number of amides is 1. The second-order valence-corrected chi connectivity index (χ2v) is 4.59. The molecule has 19 heavy (non-hydrogen) atoms. The van der Waals surface area contributed by atoms with Crippen LogP contribution in [-0.4, -0.2) is 10.5 Å². The van der Waals surface area contributed by atoms with E-state index in [1.54, 1.807) is 6.08 Å². The normalized spacial score (nSPS) is 11.6. The summed E-state index contributed by atoms with van der Waals surface area (Å²) in [5, 5.41) is 2.46. The third kappa shape index (κ3) is 1.89. The van der Waals surface area contributed by atoms with Crippen molar-refractivity contribution in [2.45, 2.75) is 0 Å². The Morgan fingerprint density at radius 2 is 1.84 bits per heavy atom. The minimum Gasteiger partial charge on any atom is -0.366 e. The zero-order valence-electron chi connectivity index (χ0n) is 10.6. The van der Waals surface area contributed by atoms with Crippen molar-refractivity contribution in [2.24, 2.45) is 12.8 Å². The predicted octanol–water partition coefficient (Wildman–Crippen LogP) is 2.83. The van der Waals surface area contributed by atoms with Crippen LogP contribution in [0.25, 0.3) is 27.9 Å². The van der Waals surface area contributed by atoms with Crippen LogP contribution in [0.1, 0.15) is 5.56 Å². The third-order valence-electron chi connectivity index (χ3n) is 3.38. The lowest BCUT2D eigenvalue weighted by atomic mass is 10.1. The molecular formula is C16H14N2O. The van der Waals surface area contributed by atoms with Gasteiger partial charge in [0.05, 0.1) is 0 Å². The first-order valence-electron chi connectivity index (χ1n) is 6.11. The topological polar surface area (TPSA) is 48.0 Å². The van der Waals surface area contributed by atoms with Gasteiger partial charge in [0, 0.05) is 34.9 Å². The van der Waals surface area contributed by atoms with Crippen molar-refractivity contribution in [1.82, 2.24) is 4.57 Å². The number of benzene rings is 2. The molecule has 2 N–H and O–H groups in total. The van der Waals surface area contributed by atoms with Gasteiger partial charge in [0.15, 0.2) is 0 Å². The quantitative estimate of drug-likeness (QED) is 0.698. The molecule has 3 heteroatoms. The van der Waals surface area contributed by atoms with E-state index in [9.17, 15) is 4.79 Å². The number of fused-ring (bicyclic) bond motifs is 3. The summed E-state index contributed by atoms with van der Waals surface area (Å²) in [4.78, 5) is 10.8. The molecule has 0 spiro atoms. The van der Waals surface area contributed by atoms with Gasteiger partial charge in [-0.3, -0.25) is 4.79 Å². The van der Waals surface area contributed by atoms with Crippen LogP contribution in [0.2, 0.25) is 0 Å². The van der Waals surface area contributed by atoms with Gasteiger partial charge in [-0.25, -0.2) is 0 Å². The standard InChI is InChI=1S/C16H14N2O/c1-18-14-5-3-2-4-12(14)13-8-6-11(10-15(13)18)7-9-16(17)19/h2-10H,1H3,(H2,17,19)/b9-7-. The number of para-hydroxylation sites is 1. The number of aromatic nitrogens is 1. The number of primary amides is 1. The molecular weight excluding hydrogens is 236 g/mol. The summed E-state index contributed by atoms with van der Waals surface area (Å²) < 4.78 is 2.16. The average molecular weight is 250 g/mol.